The smallest absolute Gasteiger partial charge is 0.256 e. The first kappa shape index (κ1) is 22.5. The summed E-state index contributed by atoms with van der Waals surface area (Å²) in [6.07, 6.45) is 0.198. The van der Waals surface area contributed by atoms with Crippen LogP contribution in [0.25, 0.3) is 0 Å². The maximum atomic E-state index is 13.1. The number of hydrogen-bond donors (Lipinski definition) is 1. The molecule has 0 aromatic heterocycles. The highest BCUT2D eigenvalue weighted by atomic mass is 16.9. The van der Waals surface area contributed by atoms with E-state index in [0.717, 1.165) is 25.0 Å². The Morgan fingerprint density at radius 2 is 1.58 bits per heavy atom. The molecule has 172 valence electrons. The molecule has 1 amide bonds. The third kappa shape index (κ3) is 5.04. The number of anilines is 1. The third-order valence-corrected chi connectivity index (χ3v) is 5.55. The van der Waals surface area contributed by atoms with E-state index in [4.69, 9.17) is 28.4 Å². The average molecular weight is 436 g/mol. The molecule has 3 heterocycles. The van der Waals surface area contributed by atoms with Crippen molar-refractivity contribution >= 4 is 11.6 Å². The number of carbonyl (C=O) groups is 1. The standard InChI is InChI=1S/C23H33NO7/c1-6-7-8-13-26-15-11-9-14(10-12-15)24-20(25)18-16-17(29-22(2,3)28-16)19-21(27-18)31-23(4,5)30-19/h9-12,16-19,21H,6-8,13H2,1-5H3,(H,24,25)/t16-,17-,18+,19+,21+/m0/s1. The highest BCUT2D eigenvalue weighted by molar-refractivity contribution is 5.94. The Kier molecular flexibility index (Phi) is 6.29. The molecule has 4 rings (SSSR count). The normalized spacial score (nSPS) is 32.9. The van der Waals surface area contributed by atoms with Crippen LogP contribution in [0.3, 0.4) is 0 Å². The zero-order chi connectivity index (χ0) is 22.2. The van der Waals surface area contributed by atoms with Gasteiger partial charge in [0, 0.05) is 5.69 Å². The molecule has 0 saturated carbocycles. The molecule has 0 aliphatic carbocycles. The van der Waals surface area contributed by atoms with Crippen LogP contribution in [0.4, 0.5) is 5.69 Å². The first-order valence-electron chi connectivity index (χ1n) is 11.1. The molecule has 8 heteroatoms. The second-order valence-corrected chi connectivity index (χ2v) is 9.16. The summed E-state index contributed by atoms with van der Waals surface area (Å²) < 4.78 is 35.6. The van der Waals surface area contributed by atoms with Crippen molar-refractivity contribution in [3.63, 3.8) is 0 Å². The lowest BCUT2D eigenvalue weighted by Gasteiger charge is -2.36. The number of nitrogens with one attached hydrogen (secondary N) is 1. The van der Waals surface area contributed by atoms with Crippen molar-refractivity contribution in [1.82, 2.24) is 0 Å². The molecule has 3 fully saturated rings. The predicted molar refractivity (Wildman–Crippen MR) is 113 cm³/mol. The number of unbranched alkanes of at least 4 members (excludes halogenated alkanes) is 2. The molecular weight excluding hydrogens is 402 g/mol. The molecule has 3 saturated heterocycles. The summed E-state index contributed by atoms with van der Waals surface area (Å²) >= 11 is 0. The topological polar surface area (TPSA) is 84.5 Å². The fourth-order valence-electron chi connectivity index (χ4n) is 4.21. The van der Waals surface area contributed by atoms with Crippen LogP contribution in [0.1, 0.15) is 53.9 Å². The van der Waals surface area contributed by atoms with Gasteiger partial charge in [-0.2, -0.15) is 0 Å². The zero-order valence-electron chi connectivity index (χ0n) is 18.9. The third-order valence-electron chi connectivity index (χ3n) is 5.55. The molecule has 3 aliphatic heterocycles. The number of carbonyl (C=O) groups excluding carboxylic acids is 1. The van der Waals surface area contributed by atoms with Crippen LogP contribution in [-0.4, -0.2) is 54.8 Å². The molecule has 5 atom stereocenters. The molecule has 1 aromatic carbocycles. The van der Waals surface area contributed by atoms with E-state index in [-0.39, 0.29) is 5.91 Å². The van der Waals surface area contributed by atoms with Crippen LogP contribution in [0.5, 0.6) is 5.75 Å². The van der Waals surface area contributed by atoms with Crippen molar-refractivity contribution in [3.8, 4) is 5.75 Å². The summed E-state index contributed by atoms with van der Waals surface area (Å²) in [5, 5.41) is 2.90. The highest BCUT2D eigenvalue weighted by Gasteiger charge is 2.62. The van der Waals surface area contributed by atoms with Crippen LogP contribution < -0.4 is 10.1 Å². The number of benzene rings is 1. The van der Waals surface area contributed by atoms with E-state index in [1.807, 2.05) is 52.0 Å². The summed E-state index contributed by atoms with van der Waals surface area (Å²) in [4.78, 5) is 13.1. The van der Waals surface area contributed by atoms with E-state index in [9.17, 15) is 4.79 Å². The quantitative estimate of drug-likeness (QED) is 0.655. The molecule has 3 aliphatic rings. The van der Waals surface area contributed by atoms with Crippen LogP contribution in [0, 0.1) is 0 Å². The summed E-state index contributed by atoms with van der Waals surface area (Å²) in [5.41, 5.74) is 0.648. The highest BCUT2D eigenvalue weighted by Crippen LogP contribution is 2.44. The summed E-state index contributed by atoms with van der Waals surface area (Å²) in [5.74, 6) is -1.22. The van der Waals surface area contributed by atoms with Crippen molar-refractivity contribution in [3.05, 3.63) is 24.3 Å². The number of rotatable bonds is 7. The van der Waals surface area contributed by atoms with Gasteiger partial charge >= 0.3 is 0 Å². The van der Waals surface area contributed by atoms with Crippen molar-refractivity contribution in [1.29, 1.82) is 0 Å². The zero-order valence-corrected chi connectivity index (χ0v) is 18.9. The minimum Gasteiger partial charge on any atom is -0.494 e. The fourth-order valence-corrected chi connectivity index (χ4v) is 4.21. The second-order valence-electron chi connectivity index (χ2n) is 9.16. The van der Waals surface area contributed by atoms with Crippen LogP contribution >= 0.6 is 0 Å². The van der Waals surface area contributed by atoms with Crippen LogP contribution in [0.2, 0.25) is 0 Å². The Labute approximate surface area is 183 Å². The van der Waals surface area contributed by atoms with Gasteiger partial charge in [0.1, 0.15) is 24.1 Å². The van der Waals surface area contributed by atoms with Crippen molar-refractivity contribution in [2.24, 2.45) is 0 Å². The predicted octanol–water partition coefficient (Wildman–Crippen LogP) is 3.59. The first-order valence-corrected chi connectivity index (χ1v) is 11.1. The average Bonchev–Trinajstić information content (AvgIpc) is 3.19. The molecule has 1 aromatic rings. The maximum Gasteiger partial charge on any atom is 0.256 e. The molecule has 0 radical (unpaired) electrons. The lowest BCUT2D eigenvalue weighted by molar-refractivity contribution is -0.229. The van der Waals surface area contributed by atoms with Crippen molar-refractivity contribution in [2.75, 3.05) is 11.9 Å². The lowest BCUT2D eigenvalue weighted by Crippen LogP contribution is -2.58. The molecule has 8 nitrogen and oxygen atoms in total. The fraction of sp³-hybridized carbons (Fsp3) is 0.696. The Morgan fingerprint density at radius 1 is 0.935 bits per heavy atom. The Morgan fingerprint density at radius 3 is 2.29 bits per heavy atom. The van der Waals surface area contributed by atoms with Crippen LogP contribution in [0.15, 0.2) is 24.3 Å². The summed E-state index contributed by atoms with van der Waals surface area (Å²) in [6.45, 7) is 10.1. The van der Waals surface area contributed by atoms with E-state index < -0.39 is 42.3 Å². The van der Waals surface area contributed by atoms with E-state index in [1.54, 1.807) is 0 Å². The van der Waals surface area contributed by atoms with Gasteiger partial charge in [-0.25, -0.2) is 0 Å². The SMILES string of the molecule is CCCCCOc1ccc(NC(=O)[C@@H]2O[C@@H]3OC(C)(C)O[C@@H]3[C@H]3OC(C)(C)O[C@@H]32)cc1. The van der Waals surface area contributed by atoms with Gasteiger partial charge in [0.05, 0.1) is 6.61 Å². The van der Waals surface area contributed by atoms with Gasteiger partial charge in [-0.05, 0) is 58.4 Å². The maximum absolute atomic E-state index is 13.1. The minimum absolute atomic E-state index is 0.320. The number of fused-ring (bicyclic) bond motifs is 3. The van der Waals surface area contributed by atoms with Gasteiger partial charge in [-0.15, -0.1) is 0 Å². The Hall–Kier alpha value is -1.71. The van der Waals surface area contributed by atoms with Gasteiger partial charge in [0.2, 0.25) is 0 Å². The first-order chi connectivity index (χ1) is 14.7. The molecule has 0 unspecified atom stereocenters. The number of amides is 1. The summed E-state index contributed by atoms with van der Waals surface area (Å²) in [6, 6.07) is 7.31. The Bertz CT molecular complexity index is 779. The summed E-state index contributed by atoms with van der Waals surface area (Å²) in [7, 11) is 0. The second kappa shape index (κ2) is 8.67. The van der Waals surface area contributed by atoms with Crippen LogP contribution in [-0.2, 0) is 28.5 Å². The molecule has 1 N–H and O–H groups in total. The largest absolute Gasteiger partial charge is 0.494 e. The van der Waals surface area contributed by atoms with Gasteiger partial charge < -0.3 is 33.7 Å². The van der Waals surface area contributed by atoms with E-state index in [2.05, 4.69) is 12.2 Å². The molecule has 0 bridgehead atoms. The number of hydrogen-bond acceptors (Lipinski definition) is 7. The van der Waals surface area contributed by atoms with Crippen molar-refractivity contribution in [2.45, 2.75) is 96.2 Å². The minimum atomic E-state index is -0.893. The van der Waals surface area contributed by atoms with Gasteiger partial charge in [0.15, 0.2) is 24.0 Å². The van der Waals surface area contributed by atoms with Gasteiger partial charge in [-0.1, -0.05) is 19.8 Å². The van der Waals surface area contributed by atoms with E-state index in [1.165, 1.54) is 0 Å². The molecule has 0 spiro atoms. The lowest BCUT2D eigenvalue weighted by atomic mass is 9.98. The van der Waals surface area contributed by atoms with Crippen molar-refractivity contribution < 1.29 is 33.2 Å². The van der Waals surface area contributed by atoms with E-state index >= 15 is 0 Å². The Balaban J connectivity index is 1.42. The monoisotopic (exact) mass is 435 g/mol. The van der Waals surface area contributed by atoms with E-state index in [0.29, 0.717) is 12.3 Å². The molecular formula is C23H33NO7. The van der Waals surface area contributed by atoms with Gasteiger partial charge in [0.25, 0.3) is 5.91 Å². The van der Waals surface area contributed by atoms with Gasteiger partial charge in [-0.3, -0.25) is 4.79 Å². The molecule has 31 heavy (non-hydrogen) atoms. The number of ether oxygens (including phenoxy) is 6.